The summed E-state index contributed by atoms with van der Waals surface area (Å²) < 4.78 is 5.79. The van der Waals surface area contributed by atoms with E-state index in [1.165, 1.54) is 0 Å². The van der Waals surface area contributed by atoms with E-state index >= 15 is 0 Å². The van der Waals surface area contributed by atoms with Crippen LogP contribution in [-0.4, -0.2) is 30.0 Å². The first-order valence-corrected chi connectivity index (χ1v) is 10.4. The van der Waals surface area contributed by atoms with Gasteiger partial charge in [0.2, 0.25) is 5.91 Å². The molecule has 1 fully saturated rings. The normalized spacial score (nSPS) is 15.6. The van der Waals surface area contributed by atoms with Crippen LogP contribution in [0.15, 0.2) is 42.5 Å². The molecule has 2 aromatic rings. The van der Waals surface area contributed by atoms with Gasteiger partial charge in [-0.1, -0.05) is 41.4 Å². The number of amides is 1. The fraction of sp³-hybridized carbons (Fsp3) is 0.409. The number of piperidine rings is 1. The molecule has 0 saturated carbocycles. The Labute approximate surface area is 176 Å². The molecule has 1 heterocycles. The number of nitrogens with one attached hydrogen (secondary N) is 1. The largest absolute Gasteiger partial charge is 0.489 e. The van der Waals surface area contributed by atoms with Gasteiger partial charge in [-0.2, -0.15) is 0 Å². The van der Waals surface area contributed by atoms with Crippen LogP contribution in [0.5, 0.6) is 5.75 Å². The van der Waals surface area contributed by atoms with Crippen molar-refractivity contribution in [3.63, 3.8) is 0 Å². The number of hydrogen-bond donors (Lipinski definition) is 1. The summed E-state index contributed by atoms with van der Waals surface area (Å²) >= 11 is 12.1. The number of ether oxygens (including phenoxy) is 1. The summed E-state index contributed by atoms with van der Waals surface area (Å²) in [7, 11) is 0. The number of likely N-dealkylation sites (tertiary alicyclic amines) is 1. The lowest BCUT2D eigenvalue weighted by molar-refractivity contribution is -0.121. The van der Waals surface area contributed by atoms with E-state index in [1.54, 1.807) is 0 Å². The Morgan fingerprint density at radius 2 is 1.86 bits per heavy atom. The summed E-state index contributed by atoms with van der Waals surface area (Å²) in [5.41, 5.74) is 1.87. The van der Waals surface area contributed by atoms with Gasteiger partial charge in [0.1, 0.15) is 5.75 Å². The van der Waals surface area contributed by atoms with Crippen LogP contribution in [0.3, 0.4) is 0 Å². The van der Waals surface area contributed by atoms with Gasteiger partial charge < -0.3 is 10.1 Å². The molecule has 1 N–H and O–H groups in total. The Morgan fingerprint density at radius 3 is 2.54 bits per heavy atom. The molecule has 1 saturated heterocycles. The maximum absolute atomic E-state index is 12.7. The van der Waals surface area contributed by atoms with Crippen molar-refractivity contribution in [1.82, 2.24) is 4.90 Å². The molecule has 1 aliphatic heterocycles. The van der Waals surface area contributed by atoms with Gasteiger partial charge >= 0.3 is 0 Å². The number of para-hydroxylation sites is 2. The molecule has 0 aliphatic carbocycles. The number of benzene rings is 2. The van der Waals surface area contributed by atoms with Crippen molar-refractivity contribution in [3.05, 3.63) is 58.1 Å². The highest BCUT2D eigenvalue weighted by molar-refractivity contribution is 6.42. The second-order valence-electron chi connectivity index (χ2n) is 7.45. The maximum atomic E-state index is 12.7. The standard InChI is InChI=1S/C22H26Cl2N2O2/c1-15(2)28-21-6-4-3-5-20(21)25-22(27)17-9-11-26(12-10-17)14-16-7-8-18(23)19(24)13-16/h3-8,13,15,17H,9-12,14H2,1-2H3,(H,25,27). The van der Waals surface area contributed by atoms with E-state index in [-0.39, 0.29) is 17.9 Å². The van der Waals surface area contributed by atoms with Crippen LogP contribution in [0, 0.1) is 5.92 Å². The van der Waals surface area contributed by atoms with Crippen molar-refractivity contribution in [2.75, 3.05) is 18.4 Å². The fourth-order valence-corrected chi connectivity index (χ4v) is 3.73. The number of rotatable bonds is 6. The molecule has 28 heavy (non-hydrogen) atoms. The Morgan fingerprint density at radius 1 is 1.14 bits per heavy atom. The predicted molar refractivity (Wildman–Crippen MR) is 115 cm³/mol. The molecule has 6 heteroatoms. The van der Waals surface area contributed by atoms with Gasteiger partial charge in [0.25, 0.3) is 0 Å². The average molecular weight is 421 g/mol. The minimum absolute atomic E-state index is 0.0113. The van der Waals surface area contributed by atoms with E-state index in [4.69, 9.17) is 27.9 Å². The van der Waals surface area contributed by atoms with Gasteiger partial charge in [-0.3, -0.25) is 9.69 Å². The molecule has 2 aromatic carbocycles. The molecule has 1 aliphatic rings. The van der Waals surface area contributed by atoms with E-state index in [0.29, 0.717) is 15.8 Å². The zero-order valence-electron chi connectivity index (χ0n) is 16.3. The molecule has 0 aromatic heterocycles. The summed E-state index contributed by atoms with van der Waals surface area (Å²) in [5, 5.41) is 4.20. The highest BCUT2D eigenvalue weighted by atomic mass is 35.5. The van der Waals surface area contributed by atoms with Gasteiger partial charge in [0, 0.05) is 12.5 Å². The number of nitrogens with zero attached hydrogens (tertiary/aromatic N) is 1. The number of halogens is 2. The Balaban J connectivity index is 1.53. The van der Waals surface area contributed by atoms with Crippen LogP contribution in [0.25, 0.3) is 0 Å². The van der Waals surface area contributed by atoms with Gasteiger partial charge in [-0.25, -0.2) is 0 Å². The van der Waals surface area contributed by atoms with Crippen molar-refractivity contribution >= 4 is 34.8 Å². The molecule has 4 nitrogen and oxygen atoms in total. The number of anilines is 1. The van der Waals surface area contributed by atoms with Gasteiger partial charge in [-0.05, 0) is 69.6 Å². The summed E-state index contributed by atoms with van der Waals surface area (Å²) in [6.07, 6.45) is 1.73. The van der Waals surface area contributed by atoms with E-state index in [9.17, 15) is 4.79 Å². The lowest BCUT2D eigenvalue weighted by atomic mass is 9.95. The van der Waals surface area contributed by atoms with Crippen LogP contribution in [0.2, 0.25) is 10.0 Å². The van der Waals surface area contributed by atoms with Gasteiger partial charge in [-0.15, -0.1) is 0 Å². The second-order valence-corrected chi connectivity index (χ2v) is 8.27. The van der Waals surface area contributed by atoms with E-state index in [1.807, 2.05) is 56.3 Å². The Kier molecular flexibility index (Phi) is 7.22. The fourth-order valence-electron chi connectivity index (χ4n) is 3.41. The van der Waals surface area contributed by atoms with Crippen molar-refractivity contribution in [1.29, 1.82) is 0 Å². The van der Waals surface area contributed by atoms with Gasteiger partial charge in [0.05, 0.1) is 21.8 Å². The summed E-state index contributed by atoms with van der Waals surface area (Å²) in [5.74, 6) is 0.786. The maximum Gasteiger partial charge on any atom is 0.227 e. The third kappa shape index (κ3) is 5.63. The van der Waals surface area contributed by atoms with Crippen LogP contribution >= 0.6 is 23.2 Å². The molecule has 0 atom stereocenters. The van der Waals surface area contributed by atoms with Crippen molar-refractivity contribution < 1.29 is 9.53 Å². The lowest BCUT2D eigenvalue weighted by Crippen LogP contribution is -2.37. The number of carbonyl (C=O) groups excluding carboxylic acids is 1. The first-order chi connectivity index (χ1) is 13.4. The van der Waals surface area contributed by atoms with Crippen LogP contribution in [0.4, 0.5) is 5.69 Å². The van der Waals surface area contributed by atoms with Crippen LogP contribution < -0.4 is 10.1 Å². The SMILES string of the molecule is CC(C)Oc1ccccc1NC(=O)C1CCN(Cc2ccc(Cl)c(Cl)c2)CC1. The lowest BCUT2D eigenvalue weighted by Gasteiger charge is -2.31. The van der Waals surface area contributed by atoms with Crippen molar-refractivity contribution in [2.24, 2.45) is 5.92 Å². The second kappa shape index (κ2) is 9.64. The van der Waals surface area contributed by atoms with E-state index in [2.05, 4.69) is 10.2 Å². The molecule has 150 valence electrons. The summed E-state index contributed by atoms with van der Waals surface area (Å²) in [4.78, 5) is 15.1. The smallest absolute Gasteiger partial charge is 0.227 e. The zero-order chi connectivity index (χ0) is 20.1. The molecule has 0 radical (unpaired) electrons. The molecule has 0 spiro atoms. The summed E-state index contributed by atoms with van der Waals surface area (Å²) in [6, 6.07) is 13.3. The van der Waals surface area contributed by atoms with E-state index < -0.39 is 0 Å². The first kappa shape index (κ1) is 21.0. The molecule has 1 amide bonds. The quantitative estimate of drug-likeness (QED) is 0.657. The monoisotopic (exact) mass is 420 g/mol. The van der Waals surface area contributed by atoms with Crippen molar-refractivity contribution in [2.45, 2.75) is 39.3 Å². The first-order valence-electron chi connectivity index (χ1n) is 9.65. The average Bonchev–Trinajstić information content (AvgIpc) is 2.66. The highest BCUT2D eigenvalue weighted by Gasteiger charge is 2.25. The highest BCUT2D eigenvalue weighted by Crippen LogP contribution is 2.28. The van der Waals surface area contributed by atoms with Crippen LogP contribution in [0.1, 0.15) is 32.3 Å². The molecular formula is C22H26Cl2N2O2. The minimum atomic E-state index is 0.0113. The molecular weight excluding hydrogens is 395 g/mol. The minimum Gasteiger partial charge on any atom is -0.489 e. The number of hydrogen-bond acceptors (Lipinski definition) is 3. The topological polar surface area (TPSA) is 41.6 Å². The zero-order valence-corrected chi connectivity index (χ0v) is 17.8. The van der Waals surface area contributed by atoms with Crippen LogP contribution in [-0.2, 0) is 11.3 Å². The third-order valence-electron chi connectivity index (χ3n) is 4.86. The van der Waals surface area contributed by atoms with Crippen molar-refractivity contribution in [3.8, 4) is 5.75 Å². The summed E-state index contributed by atoms with van der Waals surface area (Å²) in [6.45, 7) is 6.52. The van der Waals surface area contributed by atoms with E-state index in [0.717, 1.165) is 43.7 Å². The Hall–Kier alpha value is -1.75. The molecule has 0 unspecified atom stereocenters. The third-order valence-corrected chi connectivity index (χ3v) is 5.60. The molecule has 0 bridgehead atoms. The number of carbonyl (C=O) groups is 1. The van der Waals surface area contributed by atoms with Gasteiger partial charge in [0.15, 0.2) is 0 Å². The Bertz CT molecular complexity index is 818. The predicted octanol–water partition coefficient (Wildman–Crippen LogP) is 5.63. The molecule has 3 rings (SSSR count).